The summed E-state index contributed by atoms with van der Waals surface area (Å²) < 4.78 is 0. The van der Waals surface area contributed by atoms with Gasteiger partial charge in [-0.15, -0.1) is 0 Å². The minimum atomic E-state index is -0.590. The zero-order chi connectivity index (χ0) is 19.5. The quantitative estimate of drug-likeness (QED) is 0.684. The maximum atomic E-state index is 13.9. The molecule has 1 heterocycles. The molecule has 3 aromatic rings. The van der Waals surface area contributed by atoms with E-state index in [1.165, 1.54) is 0 Å². The summed E-state index contributed by atoms with van der Waals surface area (Å²) in [5.41, 5.74) is 4.12. The number of hydrogen-bond acceptors (Lipinski definition) is 3. The van der Waals surface area contributed by atoms with E-state index in [-0.39, 0.29) is 17.2 Å². The number of aromatic nitrogens is 2. The molecule has 0 aliphatic heterocycles. The number of para-hydroxylation sites is 2. The molecule has 2 atom stereocenters. The first-order chi connectivity index (χ1) is 13.4. The van der Waals surface area contributed by atoms with Crippen molar-refractivity contribution >= 4 is 16.9 Å². The number of rotatable bonds is 3. The van der Waals surface area contributed by atoms with Crippen molar-refractivity contribution in [2.75, 3.05) is 7.05 Å². The average Bonchev–Trinajstić information content (AvgIpc) is 3.08. The first-order valence-corrected chi connectivity index (χ1v) is 10.0. The first-order valence-electron chi connectivity index (χ1n) is 10.0. The Balaban J connectivity index is 1.62. The second-order valence-electron chi connectivity index (χ2n) is 8.81. The van der Waals surface area contributed by atoms with Gasteiger partial charge in [0.2, 0.25) is 5.91 Å². The van der Waals surface area contributed by atoms with Gasteiger partial charge in [0.1, 0.15) is 0 Å². The van der Waals surface area contributed by atoms with Crippen LogP contribution >= 0.6 is 0 Å². The van der Waals surface area contributed by atoms with Crippen molar-refractivity contribution in [3.8, 4) is 0 Å². The van der Waals surface area contributed by atoms with Gasteiger partial charge in [-0.05, 0) is 36.0 Å². The van der Waals surface area contributed by atoms with E-state index >= 15 is 0 Å². The molecule has 2 aliphatic carbocycles. The normalized spacial score (nSPS) is 24.3. The minimum absolute atomic E-state index is 0.173. The molecule has 5 rings (SSSR count). The molecule has 1 saturated carbocycles. The number of fused-ring (bicyclic) bond motifs is 6. The highest BCUT2D eigenvalue weighted by Crippen LogP contribution is 2.67. The number of carbonyl (C=O) groups is 1. The summed E-state index contributed by atoms with van der Waals surface area (Å²) in [6, 6.07) is 18.2. The van der Waals surface area contributed by atoms with Crippen LogP contribution in [-0.4, -0.2) is 27.8 Å². The summed E-state index contributed by atoms with van der Waals surface area (Å²) in [7, 11) is 1.92. The summed E-state index contributed by atoms with van der Waals surface area (Å²) in [6.07, 6.45) is 1.85. The second-order valence-corrected chi connectivity index (χ2v) is 8.81. The molecule has 2 bridgehead atoms. The molecule has 0 N–H and O–H groups in total. The summed E-state index contributed by atoms with van der Waals surface area (Å²) in [4.78, 5) is 25.8. The van der Waals surface area contributed by atoms with Gasteiger partial charge < -0.3 is 4.90 Å². The first kappa shape index (κ1) is 17.4. The Labute approximate surface area is 165 Å². The second kappa shape index (κ2) is 5.87. The van der Waals surface area contributed by atoms with Crippen molar-refractivity contribution < 1.29 is 4.79 Å². The van der Waals surface area contributed by atoms with E-state index in [4.69, 9.17) is 9.97 Å². The molecule has 1 amide bonds. The smallest absolute Gasteiger partial charge is 0.235 e. The largest absolute Gasteiger partial charge is 0.341 e. The number of amides is 1. The van der Waals surface area contributed by atoms with Crippen LogP contribution in [0.15, 0.2) is 54.6 Å². The van der Waals surface area contributed by atoms with Gasteiger partial charge in [0.25, 0.3) is 0 Å². The Morgan fingerprint density at radius 1 is 1.04 bits per heavy atom. The van der Waals surface area contributed by atoms with Crippen molar-refractivity contribution in [3.05, 3.63) is 71.5 Å². The van der Waals surface area contributed by atoms with Gasteiger partial charge in [-0.3, -0.25) is 4.79 Å². The maximum absolute atomic E-state index is 13.9. The predicted octanol–water partition coefficient (Wildman–Crippen LogP) is 4.44. The van der Waals surface area contributed by atoms with Gasteiger partial charge >= 0.3 is 0 Å². The van der Waals surface area contributed by atoms with E-state index in [0.717, 1.165) is 40.8 Å². The van der Waals surface area contributed by atoms with Gasteiger partial charge in [-0.1, -0.05) is 56.3 Å². The molecule has 2 aliphatic rings. The lowest BCUT2D eigenvalue weighted by Gasteiger charge is -2.39. The number of carbonyl (C=O) groups excluding carboxylic acids is 1. The lowest BCUT2D eigenvalue weighted by molar-refractivity contribution is -0.140. The Morgan fingerprint density at radius 2 is 1.68 bits per heavy atom. The lowest BCUT2D eigenvalue weighted by atomic mass is 9.67. The van der Waals surface area contributed by atoms with Crippen molar-refractivity contribution in [1.29, 1.82) is 0 Å². The summed E-state index contributed by atoms with van der Waals surface area (Å²) >= 11 is 0. The molecule has 0 radical (unpaired) electrons. The monoisotopic (exact) mass is 371 g/mol. The van der Waals surface area contributed by atoms with Crippen LogP contribution in [0.3, 0.4) is 0 Å². The molecular formula is C24H25N3O. The third kappa shape index (κ3) is 2.15. The van der Waals surface area contributed by atoms with Crippen LogP contribution in [0.4, 0.5) is 0 Å². The van der Waals surface area contributed by atoms with Crippen LogP contribution in [0.25, 0.3) is 11.0 Å². The highest BCUT2D eigenvalue weighted by Gasteiger charge is 2.68. The van der Waals surface area contributed by atoms with Gasteiger partial charge in [0.05, 0.1) is 27.8 Å². The van der Waals surface area contributed by atoms with Crippen molar-refractivity contribution in [3.63, 3.8) is 0 Å². The third-order valence-electron chi connectivity index (χ3n) is 7.09. The average molecular weight is 371 g/mol. The highest BCUT2D eigenvalue weighted by atomic mass is 16.2. The van der Waals surface area contributed by atoms with Crippen LogP contribution in [-0.2, 0) is 16.8 Å². The molecule has 1 aromatic heterocycles. The molecule has 2 unspecified atom stereocenters. The SMILES string of the molecule is CN(Cc1ccccc1)C(=O)C12CCC(c3nc4ccccc4nc31)C2(C)C. The molecule has 28 heavy (non-hydrogen) atoms. The fourth-order valence-corrected chi connectivity index (χ4v) is 5.55. The van der Waals surface area contributed by atoms with Crippen LogP contribution in [0, 0.1) is 5.41 Å². The fourth-order valence-electron chi connectivity index (χ4n) is 5.55. The van der Waals surface area contributed by atoms with Crippen molar-refractivity contribution in [2.24, 2.45) is 5.41 Å². The predicted molar refractivity (Wildman–Crippen MR) is 110 cm³/mol. The van der Waals surface area contributed by atoms with E-state index in [9.17, 15) is 4.79 Å². The molecule has 0 spiro atoms. The fraction of sp³-hybridized carbons (Fsp3) is 0.375. The van der Waals surface area contributed by atoms with Crippen molar-refractivity contribution in [1.82, 2.24) is 14.9 Å². The Hall–Kier alpha value is -2.75. The summed E-state index contributed by atoms with van der Waals surface area (Å²) in [5, 5.41) is 0. The standard InChI is InChI=1S/C24H25N3O/c1-23(2)17-13-14-24(23,22(28)27(3)15-16-9-5-4-6-10-16)21-20(17)25-18-11-7-8-12-19(18)26-21/h4-12,17H,13-15H2,1-3H3. The highest BCUT2D eigenvalue weighted by molar-refractivity contribution is 5.92. The van der Waals surface area contributed by atoms with Crippen LogP contribution < -0.4 is 0 Å². The van der Waals surface area contributed by atoms with Gasteiger partial charge in [0, 0.05) is 19.5 Å². The number of likely N-dealkylation sites (N-methyl/N-ethyl adjacent to an activating group) is 1. The maximum Gasteiger partial charge on any atom is 0.235 e. The summed E-state index contributed by atoms with van der Waals surface area (Å²) in [5.74, 6) is 0.459. The van der Waals surface area contributed by atoms with E-state index in [2.05, 4.69) is 26.0 Å². The molecule has 142 valence electrons. The van der Waals surface area contributed by atoms with E-state index in [1.54, 1.807) is 0 Å². The number of hydrogen-bond donors (Lipinski definition) is 0. The van der Waals surface area contributed by atoms with Gasteiger partial charge in [-0.25, -0.2) is 9.97 Å². The lowest BCUT2D eigenvalue weighted by Crippen LogP contribution is -2.50. The zero-order valence-corrected chi connectivity index (χ0v) is 16.6. The minimum Gasteiger partial charge on any atom is -0.341 e. The van der Waals surface area contributed by atoms with E-state index in [1.807, 2.05) is 54.4 Å². The molecular weight excluding hydrogens is 346 g/mol. The third-order valence-corrected chi connectivity index (χ3v) is 7.09. The van der Waals surface area contributed by atoms with Crippen molar-refractivity contribution in [2.45, 2.75) is 44.6 Å². The Kier molecular flexibility index (Phi) is 3.64. The molecule has 1 fully saturated rings. The van der Waals surface area contributed by atoms with Gasteiger partial charge in [0.15, 0.2) is 0 Å². The molecule has 4 nitrogen and oxygen atoms in total. The van der Waals surface area contributed by atoms with Crippen LogP contribution in [0.2, 0.25) is 0 Å². The molecule has 4 heteroatoms. The van der Waals surface area contributed by atoms with E-state index in [0.29, 0.717) is 6.54 Å². The van der Waals surface area contributed by atoms with E-state index < -0.39 is 5.41 Å². The number of nitrogens with zero attached hydrogens (tertiary/aromatic N) is 3. The van der Waals surface area contributed by atoms with Crippen LogP contribution in [0.1, 0.15) is 49.6 Å². The number of benzene rings is 2. The van der Waals surface area contributed by atoms with Crippen LogP contribution in [0.5, 0.6) is 0 Å². The molecule has 0 saturated heterocycles. The molecule has 2 aromatic carbocycles. The summed E-state index contributed by atoms with van der Waals surface area (Å²) in [6.45, 7) is 5.07. The zero-order valence-electron chi connectivity index (χ0n) is 16.6. The van der Waals surface area contributed by atoms with Gasteiger partial charge in [-0.2, -0.15) is 0 Å². The Morgan fingerprint density at radius 3 is 2.39 bits per heavy atom. The Bertz CT molecular complexity index is 1080. The topological polar surface area (TPSA) is 46.1 Å².